The van der Waals surface area contributed by atoms with Gasteiger partial charge in [-0.15, -0.1) is 0 Å². The minimum atomic E-state index is -1.34. The number of hydrogen-bond donors (Lipinski definition) is 0. The Labute approximate surface area is 140 Å². The van der Waals surface area contributed by atoms with E-state index in [1.807, 2.05) is 0 Å². The molecule has 0 saturated heterocycles. The Morgan fingerprint density at radius 1 is 0.792 bits per heavy atom. The van der Waals surface area contributed by atoms with Crippen molar-refractivity contribution in [3.63, 3.8) is 0 Å². The molecule has 0 spiro atoms. The van der Waals surface area contributed by atoms with Crippen molar-refractivity contribution >= 4 is 28.1 Å². The average molecular weight is 337 g/mol. The Kier molecular flexibility index (Phi) is 3.50. The molecule has 3 aromatic carbocycles. The summed E-state index contributed by atoms with van der Waals surface area (Å²) in [5, 5.41) is 0. The zero-order valence-electron chi connectivity index (χ0n) is 12.5. The van der Waals surface area contributed by atoms with Gasteiger partial charge in [0, 0.05) is 5.56 Å². The average Bonchev–Trinajstić information content (AvgIpc) is 2.62. The normalized spacial score (nSPS) is 13.3. The summed E-state index contributed by atoms with van der Waals surface area (Å²) in [4.78, 5) is 15.8. The molecule has 1 amide bonds. The summed E-state index contributed by atoms with van der Waals surface area (Å²) in [5.74, 6) is -0.682. The maximum absolute atomic E-state index is 13.2. The van der Waals surface area contributed by atoms with E-state index in [9.17, 15) is 13.4 Å². The van der Waals surface area contributed by atoms with Crippen LogP contribution in [0.5, 0.6) is 0 Å². The third-order valence-electron chi connectivity index (χ3n) is 3.91. The SMILES string of the molecule is O=C(c1ccc(F)cc1)N1c2ccccc2S(=O)c2ccccc21. The second-order valence-electron chi connectivity index (χ2n) is 5.35. The van der Waals surface area contributed by atoms with Gasteiger partial charge in [0.2, 0.25) is 0 Å². The van der Waals surface area contributed by atoms with Gasteiger partial charge in [-0.05, 0) is 48.5 Å². The van der Waals surface area contributed by atoms with Crippen LogP contribution in [-0.2, 0) is 10.8 Å². The molecule has 0 unspecified atom stereocenters. The van der Waals surface area contributed by atoms with Gasteiger partial charge in [-0.2, -0.15) is 0 Å². The van der Waals surface area contributed by atoms with Gasteiger partial charge in [0.05, 0.1) is 32.0 Å². The van der Waals surface area contributed by atoms with Crippen LogP contribution in [0.4, 0.5) is 15.8 Å². The lowest BCUT2D eigenvalue weighted by atomic mass is 10.1. The number of carbonyl (C=O) groups excluding carboxylic acids is 1. The number of carbonyl (C=O) groups is 1. The molecule has 4 rings (SSSR count). The molecule has 0 aromatic heterocycles. The number of nitrogens with zero attached hydrogens (tertiary/aromatic N) is 1. The minimum absolute atomic E-state index is 0.286. The van der Waals surface area contributed by atoms with E-state index in [1.54, 1.807) is 53.4 Å². The number of anilines is 2. The van der Waals surface area contributed by atoms with Gasteiger partial charge in [-0.25, -0.2) is 8.60 Å². The highest BCUT2D eigenvalue weighted by molar-refractivity contribution is 7.85. The first kappa shape index (κ1) is 14.8. The van der Waals surface area contributed by atoms with Crippen LogP contribution in [-0.4, -0.2) is 10.1 Å². The molecule has 0 bridgehead atoms. The fourth-order valence-corrected chi connectivity index (χ4v) is 4.13. The standard InChI is InChI=1S/C19H12FNO2S/c20-14-11-9-13(10-12-14)19(22)21-15-5-1-3-7-17(15)24(23)18-8-4-2-6-16(18)21/h1-12H. The van der Waals surface area contributed by atoms with Crippen molar-refractivity contribution in [3.05, 3.63) is 84.2 Å². The molecule has 1 aliphatic heterocycles. The summed E-state index contributed by atoms with van der Waals surface area (Å²) in [5.41, 5.74) is 1.54. The van der Waals surface area contributed by atoms with E-state index < -0.39 is 16.6 Å². The monoisotopic (exact) mass is 337 g/mol. The molecule has 0 radical (unpaired) electrons. The highest BCUT2D eigenvalue weighted by atomic mass is 32.2. The number of amides is 1. The number of rotatable bonds is 1. The highest BCUT2D eigenvalue weighted by Gasteiger charge is 2.32. The van der Waals surface area contributed by atoms with Crippen molar-refractivity contribution in [1.29, 1.82) is 0 Å². The summed E-state index contributed by atoms with van der Waals surface area (Å²) in [6.07, 6.45) is 0. The Balaban J connectivity index is 1.92. The minimum Gasteiger partial charge on any atom is -0.275 e. The van der Waals surface area contributed by atoms with Crippen LogP contribution >= 0.6 is 0 Å². The van der Waals surface area contributed by atoms with Crippen LogP contribution in [0.1, 0.15) is 10.4 Å². The van der Waals surface area contributed by atoms with Crippen molar-refractivity contribution in [1.82, 2.24) is 0 Å². The van der Waals surface area contributed by atoms with E-state index in [-0.39, 0.29) is 5.91 Å². The molecule has 1 aliphatic rings. The van der Waals surface area contributed by atoms with Crippen LogP contribution < -0.4 is 4.90 Å². The van der Waals surface area contributed by atoms with Gasteiger partial charge < -0.3 is 0 Å². The molecule has 0 atom stereocenters. The quantitative estimate of drug-likeness (QED) is 0.664. The molecule has 0 aliphatic carbocycles. The Bertz CT molecular complexity index is 920. The van der Waals surface area contributed by atoms with E-state index >= 15 is 0 Å². The van der Waals surface area contributed by atoms with Gasteiger partial charge in [0.1, 0.15) is 5.82 Å². The van der Waals surface area contributed by atoms with Gasteiger partial charge >= 0.3 is 0 Å². The van der Waals surface area contributed by atoms with Crippen LogP contribution in [0, 0.1) is 5.82 Å². The second kappa shape index (κ2) is 5.69. The van der Waals surface area contributed by atoms with Crippen molar-refractivity contribution < 1.29 is 13.4 Å². The molecular weight excluding hydrogens is 325 g/mol. The summed E-state index contributed by atoms with van der Waals surface area (Å²) in [6, 6.07) is 19.7. The summed E-state index contributed by atoms with van der Waals surface area (Å²) in [6.45, 7) is 0. The summed E-state index contributed by atoms with van der Waals surface area (Å²) >= 11 is 0. The molecule has 3 aromatic rings. The van der Waals surface area contributed by atoms with Crippen LogP contribution in [0.25, 0.3) is 0 Å². The van der Waals surface area contributed by atoms with E-state index in [2.05, 4.69) is 0 Å². The molecular formula is C19H12FNO2S. The third kappa shape index (κ3) is 2.25. The number of hydrogen-bond acceptors (Lipinski definition) is 2. The number of benzene rings is 3. The fraction of sp³-hybridized carbons (Fsp3) is 0. The highest BCUT2D eigenvalue weighted by Crippen LogP contribution is 2.42. The maximum Gasteiger partial charge on any atom is 0.262 e. The molecule has 0 fully saturated rings. The molecule has 24 heavy (non-hydrogen) atoms. The Morgan fingerprint density at radius 2 is 1.29 bits per heavy atom. The van der Waals surface area contributed by atoms with Crippen molar-refractivity contribution in [2.24, 2.45) is 0 Å². The summed E-state index contributed by atoms with van der Waals surface area (Å²) < 4.78 is 25.9. The van der Waals surface area contributed by atoms with E-state index in [1.165, 1.54) is 24.3 Å². The van der Waals surface area contributed by atoms with Crippen LogP contribution in [0.3, 0.4) is 0 Å². The molecule has 1 heterocycles. The lowest BCUT2D eigenvalue weighted by Crippen LogP contribution is -2.30. The van der Waals surface area contributed by atoms with Crippen molar-refractivity contribution in [2.75, 3.05) is 4.90 Å². The first-order valence-electron chi connectivity index (χ1n) is 7.36. The predicted molar refractivity (Wildman–Crippen MR) is 90.4 cm³/mol. The van der Waals surface area contributed by atoms with Gasteiger partial charge in [0.25, 0.3) is 5.91 Å². The molecule has 3 nitrogen and oxygen atoms in total. The number of para-hydroxylation sites is 2. The first-order valence-corrected chi connectivity index (χ1v) is 8.51. The largest absolute Gasteiger partial charge is 0.275 e. The molecule has 0 saturated carbocycles. The zero-order chi connectivity index (χ0) is 16.7. The second-order valence-corrected chi connectivity index (χ2v) is 6.77. The Hall–Kier alpha value is -2.79. The van der Waals surface area contributed by atoms with E-state index in [4.69, 9.17) is 0 Å². The molecule has 118 valence electrons. The van der Waals surface area contributed by atoms with Crippen LogP contribution in [0.2, 0.25) is 0 Å². The van der Waals surface area contributed by atoms with Gasteiger partial charge in [-0.1, -0.05) is 24.3 Å². The van der Waals surface area contributed by atoms with Gasteiger partial charge in [-0.3, -0.25) is 9.69 Å². The number of halogens is 1. The van der Waals surface area contributed by atoms with Gasteiger partial charge in [0.15, 0.2) is 0 Å². The number of fused-ring (bicyclic) bond motifs is 2. The Morgan fingerprint density at radius 3 is 1.83 bits per heavy atom. The maximum atomic E-state index is 13.2. The first-order chi connectivity index (χ1) is 11.7. The smallest absolute Gasteiger partial charge is 0.262 e. The third-order valence-corrected chi connectivity index (χ3v) is 5.40. The van der Waals surface area contributed by atoms with Crippen molar-refractivity contribution in [2.45, 2.75) is 9.79 Å². The lowest BCUT2D eigenvalue weighted by molar-refractivity contribution is 0.0998. The zero-order valence-corrected chi connectivity index (χ0v) is 13.3. The molecule has 5 heteroatoms. The predicted octanol–water partition coefficient (Wildman–Crippen LogP) is 4.28. The van der Waals surface area contributed by atoms with Crippen molar-refractivity contribution in [3.8, 4) is 0 Å². The lowest BCUT2D eigenvalue weighted by Gasteiger charge is -2.30. The van der Waals surface area contributed by atoms with E-state index in [0.717, 1.165) is 0 Å². The topological polar surface area (TPSA) is 37.4 Å². The van der Waals surface area contributed by atoms with E-state index in [0.29, 0.717) is 26.7 Å². The fourth-order valence-electron chi connectivity index (χ4n) is 2.79. The molecule has 0 N–H and O–H groups in total. The summed E-state index contributed by atoms with van der Waals surface area (Å²) in [7, 11) is -1.34. The van der Waals surface area contributed by atoms with Crippen LogP contribution in [0.15, 0.2) is 82.6 Å².